The molecule has 0 aliphatic carbocycles. The van der Waals surface area contributed by atoms with Gasteiger partial charge in [0.25, 0.3) is 15.9 Å². The summed E-state index contributed by atoms with van der Waals surface area (Å²) in [6.07, 6.45) is -0.295. The lowest BCUT2D eigenvalue weighted by Gasteiger charge is -2.29. The molecule has 3 aromatic carbocycles. The first kappa shape index (κ1) is 22.9. The number of hydrogen-bond donors (Lipinski definition) is 1. The van der Waals surface area contributed by atoms with Gasteiger partial charge in [-0.25, -0.2) is 8.42 Å². The van der Waals surface area contributed by atoms with Crippen molar-refractivity contribution in [1.29, 1.82) is 0 Å². The van der Waals surface area contributed by atoms with Crippen LogP contribution in [0.3, 0.4) is 0 Å². The maximum Gasteiger partial charge on any atom is 0.262 e. The zero-order valence-electron chi connectivity index (χ0n) is 19.0. The van der Waals surface area contributed by atoms with Crippen LogP contribution in [0.15, 0.2) is 71.6 Å². The van der Waals surface area contributed by atoms with Crippen LogP contribution in [-0.2, 0) is 10.0 Å². The third-order valence-corrected chi connectivity index (χ3v) is 6.98. The third-order valence-electron chi connectivity index (χ3n) is 5.60. The van der Waals surface area contributed by atoms with Gasteiger partial charge in [-0.3, -0.25) is 9.52 Å². The third kappa shape index (κ3) is 4.97. The van der Waals surface area contributed by atoms with Crippen LogP contribution in [0, 0.1) is 0 Å². The Hall–Kier alpha value is -3.92. The van der Waals surface area contributed by atoms with Crippen molar-refractivity contribution in [3.63, 3.8) is 0 Å². The highest BCUT2D eigenvalue weighted by Gasteiger charge is 2.24. The molecule has 182 valence electrons. The van der Waals surface area contributed by atoms with Gasteiger partial charge in [0.15, 0.2) is 29.1 Å². The first-order valence-electron chi connectivity index (χ1n) is 11.1. The van der Waals surface area contributed by atoms with Gasteiger partial charge in [-0.2, -0.15) is 0 Å². The number of carbonyl (C=O) groups is 1. The number of benzene rings is 3. The predicted octanol–water partition coefficient (Wildman–Crippen LogP) is 3.17. The first-order chi connectivity index (χ1) is 16.9. The van der Waals surface area contributed by atoms with Crippen LogP contribution in [0.4, 0.5) is 5.69 Å². The van der Waals surface area contributed by atoms with E-state index in [0.717, 1.165) is 0 Å². The van der Waals surface area contributed by atoms with E-state index in [-0.39, 0.29) is 16.9 Å². The summed E-state index contributed by atoms with van der Waals surface area (Å²) in [6, 6.07) is 18.1. The normalized spacial score (nSPS) is 16.3. The van der Waals surface area contributed by atoms with Gasteiger partial charge in [-0.05, 0) is 48.5 Å². The molecule has 0 fully saturated rings. The number of amides is 1. The van der Waals surface area contributed by atoms with Gasteiger partial charge in [-0.1, -0.05) is 12.1 Å². The number of carbonyl (C=O) groups excluding carboxylic acids is 1. The Morgan fingerprint density at radius 1 is 0.914 bits per heavy atom. The van der Waals surface area contributed by atoms with Crippen LogP contribution in [0.5, 0.6) is 23.0 Å². The molecule has 0 aromatic heterocycles. The van der Waals surface area contributed by atoms with Crippen LogP contribution in [0.1, 0.15) is 10.4 Å². The average molecular weight is 497 g/mol. The first-order valence-corrected chi connectivity index (χ1v) is 12.5. The summed E-state index contributed by atoms with van der Waals surface area (Å²) in [6.45, 7) is 1.47. The molecule has 0 bridgehead atoms. The number of anilines is 1. The number of ether oxygens (including phenoxy) is 4. The summed E-state index contributed by atoms with van der Waals surface area (Å²) in [4.78, 5) is 14.5. The minimum atomic E-state index is -3.85. The second kappa shape index (κ2) is 9.38. The predicted molar refractivity (Wildman–Crippen MR) is 128 cm³/mol. The minimum absolute atomic E-state index is 0.0536. The van der Waals surface area contributed by atoms with Crippen LogP contribution < -0.4 is 23.7 Å². The second-order valence-corrected chi connectivity index (χ2v) is 9.85. The molecule has 2 aliphatic rings. The van der Waals surface area contributed by atoms with Gasteiger partial charge < -0.3 is 23.8 Å². The molecule has 35 heavy (non-hydrogen) atoms. The lowest BCUT2D eigenvalue weighted by molar-refractivity contribution is 0.0521. The van der Waals surface area contributed by atoms with Gasteiger partial charge in [0.05, 0.1) is 11.4 Å². The number of fused-ring (bicyclic) bond motifs is 2. The molecular weight excluding hydrogens is 472 g/mol. The van der Waals surface area contributed by atoms with E-state index in [0.29, 0.717) is 60.6 Å². The Labute approximate surface area is 203 Å². The van der Waals surface area contributed by atoms with Gasteiger partial charge in [0.2, 0.25) is 0 Å². The summed E-state index contributed by atoms with van der Waals surface area (Å²) in [5.74, 6) is 2.02. The molecule has 5 rings (SSSR count). The van der Waals surface area contributed by atoms with Crippen molar-refractivity contribution in [1.82, 2.24) is 4.90 Å². The molecule has 0 saturated heterocycles. The fourth-order valence-electron chi connectivity index (χ4n) is 3.85. The van der Waals surface area contributed by atoms with Crippen molar-refractivity contribution in [3.8, 4) is 23.0 Å². The van der Waals surface area contributed by atoms with E-state index >= 15 is 0 Å². The number of rotatable bonds is 6. The Morgan fingerprint density at radius 2 is 1.60 bits per heavy atom. The smallest absolute Gasteiger partial charge is 0.262 e. The molecule has 0 saturated carbocycles. The molecule has 1 N–H and O–H groups in total. The fourth-order valence-corrected chi connectivity index (χ4v) is 4.92. The Kier molecular flexibility index (Phi) is 6.12. The highest BCUT2D eigenvalue weighted by Crippen LogP contribution is 2.33. The summed E-state index contributed by atoms with van der Waals surface area (Å²) in [5.41, 5.74) is 0.756. The number of sulfonamides is 1. The Balaban J connectivity index is 1.22. The van der Waals surface area contributed by atoms with Crippen LogP contribution in [-0.4, -0.2) is 58.7 Å². The molecule has 3 aromatic rings. The number of hydrogen-bond acceptors (Lipinski definition) is 7. The largest absolute Gasteiger partial charge is 0.486 e. The van der Waals surface area contributed by atoms with E-state index in [4.69, 9.17) is 18.9 Å². The monoisotopic (exact) mass is 496 g/mol. The van der Waals surface area contributed by atoms with E-state index in [2.05, 4.69) is 4.72 Å². The summed E-state index contributed by atoms with van der Waals surface area (Å²) >= 11 is 0. The van der Waals surface area contributed by atoms with Gasteiger partial charge >= 0.3 is 0 Å². The van der Waals surface area contributed by atoms with Gasteiger partial charge in [0.1, 0.15) is 19.8 Å². The molecule has 1 amide bonds. The molecule has 2 heterocycles. The molecule has 0 radical (unpaired) electrons. The number of nitrogens with one attached hydrogen (secondary N) is 1. The van der Waals surface area contributed by atoms with Crippen molar-refractivity contribution >= 4 is 21.6 Å². The Bertz CT molecular complexity index is 1340. The maximum atomic E-state index is 12.9. The topological polar surface area (TPSA) is 103 Å². The molecule has 2 aliphatic heterocycles. The SMILES string of the molecule is CN(C[C@@H]1COc2ccccc2O1)C(=O)c1ccc(NS(=O)(=O)c2ccc3c(c2)OCCO3)cc1. The summed E-state index contributed by atoms with van der Waals surface area (Å²) in [5, 5.41) is 0. The van der Waals surface area contributed by atoms with E-state index < -0.39 is 10.0 Å². The molecule has 1 atom stereocenters. The van der Waals surface area contributed by atoms with Crippen molar-refractivity contribution in [2.45, 2.75) is 11.0 Å². The second-order valence-electron chi connectivity index (χ2n) is 8.17. The highest BCUT2D eigenvalue weighted by molar-refractivity contribution is 7.92. The van der Waals surface area contributed by atoms with Crippen molar-refractivity contribution in [2.24, 2.45) is 0 Å². The highest BCUT2D eigenvalue weighted by atomic mass is 32.2. The molecular formula is C25H24N2O7S. The van der Waals surface area contributed by atoms with Crippen LogP contribution in [0.2, 0.25) is 0 Å². The standard InChI is InChI=1S/C25H24N2O7S/c1-27(15-19-16-33-21-4-2-3-5-23(21)34-19)25(28)17-6-8-18(9-7-17)26-35(29,30)20-10-11-22-24(14-20)32-13-12-31-22/h2-11,14,19,26H,12-13,15-16H2,1H3/t19-/m1/s1. The maximum absolute atomic E-state index is 12.9. The lowest BCUT2D eigenvalue weighted by atomic mass is 10.2. The fraction of sp³-hybridized carbons (Fsp3) is 0.240. The van der Waals surface area contributed by atoms with E-state index in [1.807, 2.05) is 24.3 Å². The molecule has 10 heteroatoms. The van der Waals surface area contributed by atoms with Crippen molar-refractivity contribution < 1.29 is 32.2 Å². The quantitative estimate of drug-likeness (QED) is 0.559. The van der Waals surface area contributed by atoms with Crippen molar-refractivity contribution in [3.05, 3.63) is 72.3 Å². The number of nitrogens with zero attached hydrogens (tertiary/aromatic N) is 1. The van der Waals surface area contributed by atoms with E-state index in [9.17, 15) is 13.2 Å². The van der Waals surface area contributed by atoms with Crippen molar-refractivity contribution in [2.75, 3.05) is 38.1 Å². The van der Waals surface area contributed by atoms with Crippen LogP contribution >= 0.6 is 0 Å². The lowest BCUT2D eigenvalue weighted by Crippen LogP contribution is -2.41. The minimum Gasteiger partial charge on any atom is -0.486 e. The zero-order valence-corrected chi connectivity index (χ0v) is 19.8. The molecule has 0 unspecified atom stereocenters. The zero-order chi connectivity index (χ0) is 24.4. The number of likely N-dealkylation sites (N-methyl/N-ethyl adjacent to an activating group) is 1. The molecule has 9 nitrogen and oxygen atoms in total. The van der Waals surface area contributed by atoms with Crippen LogP contribution in [0.25, 0.3) is 0 Å². The summed E-state index contributed by atoms with van der Waals surface area (Å²) in [7, 11) is -2.17. The van der Waals surface area contributed by atoms with E-state index in [1.165, 1.54) is 12.1 Å². The molecule has 0 spiro atoms. The Morgan fingerprint density at radius 3 is 2.37 bits per heavy atom. The number of para-hydroxylation sites is 2. The average Bonchev–Trinajstić information content (AvgIpc) is 2.88. The van der Waals surface area contributed by atoms with E-state index in [1.54, 1.807) is 42.3 Å². The van der Waals surface area contributed by atoms with Gasteiger partial charge in [0, 0.05) is 24.4 Å². The van der Waals surface area contributed by atoms with Gasteiger partial charge in [-0.15, -0.1) is 0 Å². The summed E-state index contributed by atoms with van der Waals surface area (Å²) < 4.78 is 50.7.